The highest BCUT2D eigenvalue weighted by Gasteiger charge is 1.83. The van der Waals surface area contributed by atoms with Crippen LogP contribution in [0.4, 0.5) is 4.79 Å². The highest BCUT2D eigenvalue weighted by Crippen LogP contribution is 1.87. The molecule has 7 heavy (non-hydrogen) atoms. The lowest BCUT2D eigenvalue weighted by atomic mass is 10.2. The minimum Gasteiger partial charge on any atom is -0.310 e. The van der Waals surface area contributed by atoms with Crippen LogP contribution in [0, 0.1) is 0 Å². The van der Waals surface area contributed by atoms with E-state index in [1.807, 2.05) is 6.92 Å². The Kier molecular flexibility index (Phi) is 3.99. The largest absolute Gasteiger partial charge is 0.310 e. The van der Waals surface area contributed by atoms with Gasteiger partial charge in [-0.25, -0.2) is 0 Å². The van der Waals surface area contributed by atoms with Crippen LogP contribution < -0.4 is 4.72 Å². The second-order valence-corrected chi connectivity index (χ2v) is 1.97. The standard InChI is InChI=1S/C3H6BNOS/c1-2-7-5-3(4)6/h2H2,1H3,(H,5,6). The minimum absolute atomic E-state index is 0.480. The van der Waals surface area contributed by atoms with E-state index in [2.05, 4.69) is 4.72 Å². The molecule has 0 atom stereocenters. The van der Waals surface area contributed by atoms with Crippen molar-refractivity contribution >= 4 is 25.6 Å². The average Bonchev–Trinajstić information content (AvgIpc) is 1.61. The van der Waals surface area contributed by atoms with E-state index < -0.39 is 5.81 Å². The van der Waals surface area contributed by atoms with Crippen molar-refractivity contribution in [2.75, 3.05) is 5.75 Å². The Hall–Kier alpha value is -0.115. The smallest absolute Gasteiger partial charge is 0.201 e. The molecular formula is C3H6BNOS. The molecule has 0 saturated carbocycles. The first-order chi connectivity index (χ1) is 3.27. The van der Waals surface area contributed by atoms with Crippen LogP contribution in [0.5, 0.6) is 0 Å². The molecule has 0 bridgehead atoms. The maximum atomic E-state index is 9.85. The molecule has 0 aromatic carbocycles. The summed E-state index contributed by atoms with van der Waals surface area (Å²) in [6.07, 6.45) is 0. The third-order valence-electron chi connectivity index (χ3n) is 0.317. The van der Waals surface area contributed by atoms with Gasteiger partial charge in [-0.2, -0.15) is 0 Å². The molecule has 0 aliphatic rings. The number of amides is 1. The van der Waals surface area contributed by atoms with E-state index in [0.717, 1.165) is 5.75 Å². The van der Waals surface area contributed by atoms with Crippen molar-refractivity contribution in [1.82, 2.24) is 4.72 Å². The van der Waals surface area contributed by atoms with Gasteiger partial charge in [-0.15, -0.1) is 0 Å². The lowest BCUT2D eigenvalue weighted by molar-refractivity contribution is 0.264. The predicted molar refractivity (Wildman–Crippen MR) is 32.4 cm³/mol. The first-order valence-corrected chi connectivity index (χ1v) is 2.93. The molecule has 0 aliphatic heterocycles. The van der Waals surface area contributed by atoms with E-state index in [4.69, 9.17) is 7.85 Å². The van der Waals surface area contributed by atoms with Crippen LogP contribution in [-0.4, -0.2) is 19.4 Å². The van der Waals surface area contributed by atoms with Gasteiger partial charge in [0.15, 0.2) is 5.81 Å². The molecule has 0 unspecified atom stereocenters. The average molecular weight is 115 g/mol. The molecule has 0 aromatic heterocycles. The van der Waals surface area contributed by atoms with Gasteiger partial charge in [-0.3, -0.25) is 4.79 Å². The van der Waals surface area contributed by atoms with Gasteiger partial charge in [0.05, 0.1) is 0 Å². The Morgan fingerprint density at radius 3 is 2.71 bits per heavy atom. The summed E-state index contributed by atoms with van der Waals surface area (Å²) in [5, 5.41) is 0. The Bertz CT molecular complexity index is 68.0. The maximum absolute atomic E-state index is 9.85. The van der Waals surface area contributed by atoms with Gasteiger partial charge >= 0.3 is 0 Å². The van der Waals surface area contributed by atoms with E-state index in [1.54, 1.807) is 0 Å². The highest BCUT2D eigenvalue weighted by atomic mass is 32.2. The summed E-state index contributed by atoms with van der Waals surface area (Å²) in [5.74, 6) is 0.370. The lowest BCUT2D eigenvalue weighted by Gasteiger charge is -1.93. The molecule has 1 amide bonds. The van der Waals surface area contributed by atoms with Gasteiger partial charge in [0.1, 0.15) is 0 Å². The van der Waals surface area contributed by atoms with Gasteiger partial charge < -0.3 is 4.72 Å². The van der Waals surface area contributed by atoms with Crippen molar-refractivity contribution in [2.24, 2.45) is 0 Å². The zero-order chi connectivity index (χ0) is 5.70. The SMILES string of the molecule is [B]C(=O)NSCC. The summed E-state index contributed by atoms with van der Waals surface area (Å²) in [7, 11) is 4.71. The van der Waals surface area contributed by atoms with Crippen LogP contribution in [-0.2, 0) is 0 Å². The van der Waals surface area contributed by atoms with E-state index in [9.17, 15) is 4.79 Å². The Balaban J connectivity index is 2.82. The van der Waals surface area contributed by atoms with Crippen molar-refractivity contribution in [3.05, 3.63) is 0 Å². The van der Waals surface area contributed by atoms with E-state index in [0.29, 0.717) is 0 Å². The molecule has 38 valence electrons. The summed E-state index contributed by atoms with van der Waals surface area (Å²) in [6.45, 7) is 1.93. The zero-order valence-electron chi connectivity index (χ0n) is 4.10. The van der Waals surface area contributed by atoms with E-state index in [1.165, 1.54) is 11.9 Å². The fourth-order valence-corrected chi connectivity index (χ4v) is 0.430. The fraction of sp³-hybridized carbons (Fsp3) is 0.667. The molecule has 0 fully saturated rings. The lowest BCUT2D eigenvalue weighted by Crippen LogP contribution is -2.12. The van der Waals surface area contributed by atoms with Gasteiger partial charge in [-0.05, 0) is 0 Å². The summed E-state index contributed by atoms with van der Waals surface area (Å²) in [5.41, 5.74) is 0. The highest BCUT2D eigenvalue weighted by molar-refractivity contribution is 7.98. The molecule has 2 radical (unpaired) electrons. The number of hydrogen-bond donors (Lipinski definition) is 1. The number of nitrogens with one attached hydrogen (secondary N) is 1. The molecule has 0 aliphatic carbocycles. The van der Waals surface area contributed by atoms with Crippen molar-refractivity contribution in [2.45, 2.75) is 6.92 Å². The summed E-state index contributed by atoms with van der Waals surface area (Å²) >= 11 is 1.29. The number of carbonyl (C=O) groups excluding carboxylic acids is 1. The number of carbonyl (C=O) groups is 1. The van der Waals surface area contributed by atoms with Crippen LogP contribution >= 0.6 is 11.9 Å². The minimum atomic E-state index is -0.480. The van der Waals surface area contributed by atoms with Gasteiger partial charge in [0, 0.05) is 5.75 Å². The second kappa shape index (κ2) is 4.05. The normalized spacial score (nSPS) is 8.14. The molecule has 0 spiro atoms. The topological polar surface area (TPSA) is 29.1 Å². The van der Waals surface area contributed by atoms with Crippen molar-refractivity contribution in [3.8, 4) is 0 Å². The molecule has 1 N–H and O–H groups in total. The quantitative estimate of drug-likeness (QED) is 0.420. The summed E-state index contributed by atoms with van der Waals surface area (Å²) in [6, 6.07) is 0. The molecule has 0 aromatic rings. The number of rotatable bonds is 2. The van der Waals surface area contributed by atoms with Crippen molar-refractivity contribution in [1.29, 1.82) is 0 Å². The molecule has 0 saturated heterocycles. The first-order valence-electron chi connectivity index (χ1n) is 1.94. The Morgan fingerprint density at radius 2 is 2.57 bits per heavy atom. The molecular weight excluding hydrogens is 109 g/mol. The Labute approximate surface area is 48.6 Å². The third kappa shape index (κ3) is 5.88. The van der Waals surface area contributed by atoms with Crippen LogP contribution in [0.1, 0.15) is 6.92 Å². The molecule has 4 heteroatoms. The summed E-state index contributed by atoms with van der Waals surface area (Å²) in [4.78, 5) is 9.85. The monoisotopic (exact) mass is 115 g/mol. The summed E-state index contributed by atoms with van der Waals surface area (Å²) < 4.78 is 2.35. The molecule has 0 rings (SSSR count). The predicted octanol–water partition coefficient (Wildman–Crippen LogP) is 0.533. The molecule has 0 heterocycles. The van der Waals surface area contributed by atoms with Crippen LogP contribution in [0.3, 0.4) is 0 Å². The fourth-order valence-electron chi connectivity index (χ4n) is 0.143. The van der Waals surface area contributed by atoms with Gasteiger partial charge in [0.25, 0.3) is 0 Å². The second-order valence-electron chi connectivity index (χ2n) is 0.899. The van der Waals surface area contributed by atoms with Crippen LogP contribution in [0.25, 0.3) is 0 Å². The van der Waals surface area contributed by atoms with Crippen LogP contribution in [0.15, 0.2) is 0 Å². The maximum Gasteiger partial charge on any atom is 0.201 e. The Morgan fingerprint density at radius 1 is 2.00 bits per heavy atom. The zero-order valence-corrected chi connectivity index (χ0v) is 4.92. The van der Waals surface area contributed by atoms with Crippen molar-refractivity contribution < 1.29 is 4.79 Å². The van der Waals surface area contributed by atoms with Gasteiger partial charge in [0.2, 0.25) is 7.85 Å². The van der Waals surface area contributed by atoms with Crippen molar-refractivity contribution in [3.63, 3.8) is 0 Å². The van der Waals surface area contributed by atoms with E-state index >= 15 is 0 Å². The van der Waals surface area contributed by atoms with Crippen LogP contribution in [0.2, 0.25) is 0 Å². The van der Waals surface area contributed by atoms with E-state index in [-0.39, 0.29) is 0 Å². The first kappa shape index (κ1) is 6.88. The molecule has 2 nitrogen and oxygen atoms in total. The number of hydrogen-bond acceptors (Lipinski definition) is 2. The third-order valence-corrected chi connectivity index (χ3v) is 0.951. The van der Waals surface area contributed by atoms with Gasteiger partial charge in [-0.1, -0.05) is 18.9 Å².